The molecule has 6 heteroatoms. The molecule has 0 saturated carbocycles. The molecule has 0 radical (unpaired) electrons. The van der Waals surface area contributed by atoms with E-state index in [4.69, 9.17) is 0 Å². The molecule has 0 atom stereocenters. The van der Waals surface area contributed by atoms with Crippen LogP contribution >= 0.6 is 11.8 Å². The first-order valence-corrected chi connectivity index (χ1v) is 9.80. The Kier molecular flexibility index (Phi) is 6.44. The summed E-state index contributed by atoms with van der Waals surface area (Å²) in [4.78, 5) is 18.9. The molecule has 1 heterocycles. The average Bonchev–Trinajstić information content (AvgIpc) is 3.15. The van der Waals surface area contributed by atoms with Crippen molar-refractivity contribution in [3.05, 3.63) is 71.5 Å². The Hall–Kier alpha value is -2.86. The van der Waals surface area contributed by atoms with Gasteiger partial charge in [0.05, 0.1) is 5.75 Å². The van der Waals surface area contributed by atoms with Crippen LogP contribution in [0.15, 0.2) is 59.8 Å². The minimum absolute atomic E-state index is 0.0444. The number of hydrogen-bond acceptors (Lipinski definition) is 4. The third-order valence-electron chi connectivity index (χ3n) is 4.06. The van der Waals surface area contributed by atoms with Crippen LogP contribution in [-0.4, -0.2) is 33.4 Å². The number of H-pyrrole nitrogens is 1. The van der Waals surface area contributed by atoms with Gasteiger partial charge >= 0.3 is 0 Å². The summed E-state index contributed by atoms with van der Waals surface area (Å²) < 4.78 is 0. The van der Waals surface area contributed by atoms with Gasteiger partial charge in [0.15, 0.2) is 0 Å². The van der Waals surface area contributed by atoms with Crippen LogP contribution in [0.5, 0.6) is 0 Å². The second-order valence-electron chi connectivity index (χ2n) is 5.96. The quantitative estimate of drug-likeness (QED) is 0.618. The summed E-state index contributed by atoms with van der Waals surface area (Å²) in [6.07, 6.45) is 3.84. The molecule has 0 bridgehead atoms. The van der Waals surface area contributed by atoms with Crippen molar-refractivity contribution >= 4 is 35.5 Å². The minimum atomic E-state index is 0.0444. The summed E-state index contributed by atoms with van der Waals surface area (Å²) in [6, 6.07) is 17.9. The zero-order chi connectivity index (χ0) is 19.1. The molecule has 3 rings (SSSR count). The van der Waals surface area contributed by atoms with E-state index in [-0.39, 0.29) is 5.91 Å². The van der Waals surface area contributed by atoms with Crippen molar-refractivity contribution in [2.75, 3.05) is 17.2 Å². The van der Waals surface area contributed by atoms with E-state index in [0.717, 1.165) is 16.8 Å². The first-order chi connectivity index (χ1) is 13.2. The number of thioether (sulfide) groups is 1. The first kappa shape index (κ1) is 18.9. The van der Waals surface area contributed by atoms with Crippen LogP contribution in [0, 0.1) is 6.92 Å². The number of anilines is 1. The maximum Gasteiger partial charge on any atom is 0.237 e. The zero-order valence-corrected chi connectivity index (χ0v) is 16.2. The normalized spacial score (nSPS) is 11.0. The van der Waals surface area contributed by atoms with Crippen LogP contribution in [0.3, 0.4) is 0 Å². The monoisotopic (exact) mass is 378 g/mol. The van der Waals surface area contributed by atoms with Crippen molar-refractivity contribution in [2.45, 2.75) is 19.0 Å². The van der Waals surface area contributed by atoms with E-state index in [2.05, 4.69) is 15.2 Å². The maximum absolute atomic E-state index is 12.6. The topological polar surface area (TPSA) is 61.9 Å². The first-order valence-electron chi connectivity index (χ1n) is 8.81. The number of aryl methyl sites for hydroxylation is 1. The number of rotatable bonds is 7. The number of carbonyl (C=O) groups is 1. The van der Waals surface area contributed by atoms with E-state index in [1.165, 1.54) is 11.8 Å². The fourth-order valence-corrected chi connectivity index (χ4v) is 3.37. The molecule has 0 fully saturated rings. The van der Waals surface area contributed by atoms with Gasteiger partial charge in [-0.05, 0) is 37.1 Å². The van der Waals surface area contributed by atoms with E-state index in [0.29, 0.717) is 23.3 Å². The molecular weight excluding hydrogens is 356 g/mol. The van der Waals surface area contributed by atoms with Gasteiger partial charge in [0.25, 0.3) is 0 Å². The average molecular weight is 379 g/mol. The summed E-state index contributed by atoms with van der Waals surface area (Å²) in [6.45, 7) is 4.62. The molecule has 2 aromatic carbocycles. The van der Waals surface area contributed by atoms with Crippen molar-refractivity contribution < 1.29 is 4.79 Å². The number of hydrogen-bond donors (Lipinski definition) is 1. The van der Waals surface area contributed by atoms with Crippen molar-refractivity contribution in [1.29, 1.82) is 0 Å². The number of carbonyl (C=O) groups excluding carboxylic acids is 1. The molecular formula is C21H22N4OS. The highest BCUT2D eigenvalue weighted by atomic mass is 32.2. The number of aromatic amines is 1. The Bertz CT molecular complexity index is 921. The number of benzene rings is 2. The van der Waals surface area contributed by atoms with E-state index >= 15 is 0 Å². The van der Waals surface area contributed by atoms with Gasteiger partial charge < -0.3 is 4.90 Å². The third-order valence-corrected chi connectivity index (χ3v) is 4.90. The molecule has 3 aromatic rings. The summed E-state index contributed by atoms with van der Waals surface area (Å²) in [7, 11) is 0. The van der Waals surface area contributed by atoms with Crippen LogP contribution < -0.4 is 4.90 Å². The molecule has 0 aliphatic heterocycles. The Balaban J connectivity index is 1.60. The largest absolute Gasteiger partial charge is 0.312 e. The van der Waals surface area contributed by atoms with Gasteiger partial charge in [-0.15, -0.1) is 5.10 Å². The molecule has 1 aromatic heterocycles. The van der Waals surface area contributed by atoms with Gasteiger partial charge in [-0.1, -0.05) is 66.4 Å². The highest BCUT2D eigenvalue weighted by molar-refractivity contribution is 7.99. The predicted molar refractivity (Wildman–Crippen MR) is 112 cm³/mol. The van der Waals surface area contributed by atoms with Gasteiger partial charge in [0.1, 0.15) is 5.82 Å². The number of nitrogens with one attached hydrogen (secondary N) is 1. The van der Waals surface area contributed by atoms with Crippen LogP contribution in [0.25, 0.3) is 12.2 Å². The van der Waals surface area contributed by atoms with Gasteiger partial charge in [-0.3, -0.25) is 9.89 Å². The Morgan fingerprint density at radius 1 is 1.11 bits per heavy atom. The molecule has 27 heavy (non-hydrogen) atoms. The number of nitrogens with zero attached hydrogens (tertiary/aromatic N) is 3. The number of aromatic nitrogens is 3. The van der Waals surface area contributed by atoms with E-state index in [1.54, 1.807) is 4.90 Å². The van der Waals surface area contributed by atoms with Gasteiger partial charge in [-0.2, -0.15) is 0 Å². The molecule has 5 nitrogen and oxygen atoms in total. The lowest BCUT2D eigenvalue weighted by Crippen LogP contribution is -2.32. The summed E-state index contributed by atoms with van der Waals surface area (Å²) in [5, 5.41) is 7.64. The van der Waals surface area contributed by atoms with Gasteiger partial charge in [0, 0.05) is 12.2 Å². The fourth-order valence-electron chi connectivity index (χ4n) is 2.69. The van der Waals surface area contributed by atoms with E-state index in [9.17, 15) is 4.79 Å². The van der Waals surface area contributed by atoms with Crippen LogP contribution in [0.1, 0.15) is 23.9 Å². The second-order valence-corrected chi connectivity index (χ2v) is 6.90. The third kappa shape index (κ3) is 5.08. The Morgan fingerprint density at radius 3 is 2.59 bits per heavy atom. The van der Waals surface area contributed by atoms with Crippen molar-refractivity contribution in [2.24, 2.45) is 0 Å². The summed E-state index contributed by atoms with van der Waals surface area (Å²) >= 11 is 1.34. The van der Waals surface area contributed by atoms with Crippen LogP contribution in [-0.2, 0) is 4.79 Å². The summed E-state index contributed by atoms with van der Waals surface area (Å²) in [5.41, 5.74) is 3.13. The lowest BCUT2D eigenvalue weighted by molar-refractivity contribution is -0.116. The van der Waals surface area contributed by atoms with Gasteiger partial charge in [-0.25, -0.2) is 4.98 Å². The smallest absolute Gasteiger partial charge is 0.237 e. The lowest BCUT2D eigenvalue weighted by atomic mass is 10.2. The molecule has 0 spiro atoms. The van der Waals surface area contributed by atoms with Crippen LogP contribution in [0.2, 0.25) is 0 Å². The lowest BCUT2D eigenvalue weighted by Gasteiger charge is -2.22. The highest BCUT2D eigenvalue weighted by Gasteiger charge is 2.16. The molecule has 1 N–H and O–H groups in total. The van der Waals surface area contributed by atoms with Crippen molar-refractivity contribution in [3.63, 3.8) is 0 Å². The van der Waals surface area contributed by atoms with Crippen LogP contribution in [0.4, 0.5) is 5.69 Å². The highest BCUT2D eigenvalue weighted by Crippen LogP contribution is 2.21. The standard InChI is InChI=1S/C21H22N4OS/c1-3-25(18-12-8-7-9-16(18)2)20(26)15-27-21-22-19(23-24-21)14-13-17-10-5-4-6-11-17/h4-14H,3,15H2,1-2H3,(H,22,23,24)/b14-13+. The molecule has 1 amide bonds. The molecule has 138 valence electrons. The van der Waals surface area contributed by atoms with Gasteiger partial charge in [0.2, 0.25) is 11.1 Å². The SMILES string of the molecule is CCN(C(=O)CSc1n[nH]c(/C=C/c2ccccc2)n1)c1ccccc1C. The van der Waals surface area contributed by atoms with E-state index in [1.807, 2.05) is 80.6 Å². The second kappa shape index (κ2) is 9.19. The fraction of sp³-hybridized carbons (Fsp3) is 0.190. The summed E-state index contributed by atoms with van der Waals surface area (Å²) in [5.74, 6) is 1.00. The number of para-hydroxylation sites is 1. The Labute approximate surface area is 163 Å². The molecule has 0 aliphatic carbocycles. The Morgan fingerprint density at radius 2 is 1.85 bits per heavy atom. The van der Waals surface area contributed by atoms with E-state index < -0.39 is 0 Å². The molecule has 0 saturated heterocycles. The van der Waals surface area contributed by atoms with Crippen molar-refractivity contribution in [3.8, 4) is 0 Å². The molecule has 0 aliphatic rings. The zero-order valence-electron chi connectivity index (χ0n) is 15.4. The number of amides is 1. The molecule has 0 unspecified atom stereocenters. The maximum atomic E-state index is 12.6. The van der Waals surface area contributed by atoms with Crippen molar-refractivity contribution in [1.82, 2.24) is 15.2 Å². The minimum Gasteiger partial charge on any atom is -0.312 e. The predicted octanol–water partition coefficient (Wildman–Crippen LogP) is 4.43.